The van der Waals surface area contributed by atoms with Crippen LogP contribution < -0.4 is 10.6 Å². The number of nitrogens with zero attached hydrogens (tertiary/aromatic N) is 4. The van der Waals surface area contributed by atoms with Gasteiger partial charge in [-0.3, -0.25) is 4.40 Å². The standard InChI is InChI=1S/C18H22N6.HI/c1-3-19-18(20-12-15-9-7-14(2)8-10-15)21-13-17-23-22-16-6-4-5-11-24(16)17;/h4-11H,3,12-13H2,1-2H3,(H2,19,20,21);1H. The number of pyridine rings is 1. The highest BCUT2D eigenvalue weighted by Crippen LogP contribution is 2.05. The van der Waals surface area contributed by atoms with Crippen molar-refractivity contribution in [3.8, 4) is 0 Å². The number of aliphatic imine (C=N–C) groups is 1. The minimum Gasteiger partial charge on any atom is -0.357 e. The number of benzene rings is 1. The number of aryl methyl sites for hydroxylation is 1. The van der Waals surface area contributed by atoms with Gasteiger partial charge < -0.3 is 10.6 Å². The van der Waals surface area contributed by atoms with Gasteiger partial charge in [0.15, 0.2) is 17.4 Å². The molecule has 0 bridgehead atoms. The van der Waals surface area contributed by atoms with Crippen LogP contribution in [0, 0.1) is 6.92 Å². The minimum absolute atomic E-state index is 0. The Hall–Kier alpha value is -2.16. The maximum absolute atomic E-state index is 4.63. The molecule has 2 aromatic heterocycles. The largest absolute Gasteiger partial charge is 0.357 e. The molecule has 3 rings (SSSR count). The van der Waals surface area contributed by atoms with Crippen LogP contribution >= 0.6 is 24.0 Å². The summed E-state index contributed by atoms with van der Waals surface area (Å²) in [4.78, 5) is 4.63. The first-order valence-corrected chi connectivity index (χ1v) is 8.12. The van der Waals surface area contributed by atoms with Gasteiger partial charge in [-0.15, -0.1) is 34.2 Å². The molecule has 0 saturated carbocycles. The predicted octanol–water partition coefficient (Wildman–Crippen LogP) is 2.91. The van der Waals surface area contributed by atoms with Crippen molar-refractivity contribution in [2.75, 3.05) is 6.54 Å². The number of aromatic nitrogens is 3. The summed E-state index contributed by atoms with van der Waals surface area (Å²) in [5, 5.41) is 14.9. The Bertz CT molecular complexity index is 825. The lowest BCUT2D eigenvalue weighted by molar-refractivity contribution is 0.765. The molecular formula is C18H23IN6. The normalized spacial score (nSPS) is 11.2. The molecule has 2 N–H and O–H groups in total. The summed E-state index contributed by atoms with van der Waals surface area (Å²) in [6.45, 7) is 6.14. The molecule has 0 amide bonds. The molecule has 2 heterocycles. The second-order valence-corrected chi connectivity index (χ2v) is 5.58. The van der Waals surface area contributed by atoms with Crippen molar-refractivity contribution in [2.45, 2.75) is 26.9 Å². The molecule has 0 aliphatic heterocycles. The molecule has 0 atom stereocenters. The minimum atomic E-state index is 0. The molecule has 0 fully saturated rings. The van der Waals surface area contributed by atoms with Crippen molar-refractivity contribution < 1.29 is 0 Å². The van der Waals surface area contributed by atoms with Crippen LogP contribution in [-0.4, -0.2) is 27.1 Å². The van der Waals surface area contributed by atoms with Gasteiger partial charge in [0, 0.05) is 12.7 Å². The Labute approximate surface area is 164 Å². The summed E-state index contributed by atoms with van der Waals surface area (Å²) in [6, 6.07) is 14.3. The molecule has 7 heteroatoms. The molecule has 0 radical (unpaired) electrons. The van der Waals surface area contributed by atoms with Crippen molar-refractivity contribution in [1.82, 2.24) is 25.2 Å². The smallest absolute Gasteiger partial charge is 0.191 e. The lowest BCUT2D eigenvalue weighted by Crippen LogP contribution is -2.37. The van der Waals surface area contributed by atoms with E-state index < -0.39 is 0 Å². The summed E-state index contributed by atoms with van der Waals surface area (Å²) < 4.78 is 1.97. The third-order valence-corrected chi connectivity index (χ3v) is 3.68. The molecule has 0 spiro atoms. The summed E-state index contributed by atoms with van der Waals surface area (Å²) in [7, 11) is 0. The molecule has 0 unspecified atom stereocenters. The fourth-order valence-corrected chi connectivity index (χ4v) is 2.38. The molecule has 0 saturated heterocycles. The van der Waals surface area contributed by atoms with Crippen LogP contribution in [-0.2, 0) is 13.1 Å². The average Bonchev–Trinajstić information content (AvgIpc) is 3.02. The first kappa shape index (κ1) is 19.2. The van der Waals surface area contributed by atoms with E-state index in [-0.39, 0.29) is 24.0 Å². The van der Waals surface area contributed by atoms with E-state index in [1.165, 1.54) is 11.1 Å². The van der Waals surface area contributed by atoms with Crippen LogP contribution in [0.25, 0.3) is 5.65 Å². The van der Waals surface area contributed by atoms with E-state index in [4.69, 9.17) is 0 Å². The Morgan fingerprint density at radius 1 is 1.08 bits per heavy atom. The summed E-state index contributed by atoms with van der Waals surface area (Å²) in [5.41, 5.74) is 3.29. The molecule has 25 heavy (non-hydrogen) atoms. The number of fused-ring (bicyclic) bond motifs is 1. The number of halogens is 1. The highest BCUT2D eigenvalue weighted by molar-refractivity contribution is 14.0. The lowest BCUT2D eigenvalue weighted by atomic mass is 10.1. The summed E-state index contributed by atoms with van der Waals surface area (Å²) in [5.74, 6) is 1.62. The third kappa shape index (κ3) is 5.15. The average molecular weight is 450 g/mol. The van der Waals surface area contributed by atoms with Gasteiger partial charge in [0.25, 0.3) is 0 Å². The maximum Gasteiger partial charge on any atom is 0.191 e. The molecule has 3 aromatic rings. The molecule has 0 aliphatic carbocycles. The quantitative estimate of drug-likeness (QED) is 0.357. The molecule has 132 valence electrons. The zero-order valence-electron chi connectivity index (χ0n) is 14.4. The van der Waals surface area contributed by atoms with Gasteiger partial charge in [0.2, 0.25) is 0 Å². The van der Waals surface area contributed by atoms with Gasteiger partial charge in [0.05, 0.1) is 13.1 Å². The van der Waals surface area contributed by atoms with Gasteiger partial charge in [-0.2, -0.15) is 0 Å². The van der Waals surface area contributed by atoms with Crippen molar-refractivity contribution in [1.29, 1.82) is 0 Å². The first-order chi connectivity index (χ1) is 11.8. The molecule has 0 aliphatic rings. The van der Waals surface area contributed by atoms with E-state index >= 15 is 0 Å². The van der Waals surface area contributed by atoms with Crippen molar-refractivity contribution in [2.24, 2.45) is 4.99 Å². The van der Waals surface area contributed by atoms with Crippen LogP contribution in [0.5, 0.6) is 0 Å². The van der Waals surface area contributed by atoms with Gasteiger partial charge in [-0.05, 0) is 31.5 Å². The summed E-state index contributed by atoms with van der Waals surface area (Å²) >= 11 is 0. The van der Waals surface area contributed by atoms with E-state index in [1.54, 1.807) is 0 Å². The van der Waals surface area contributed by atoms with Gasteiger partial charge >= 0.3 is 0 Å². The van der Waals surface area contributed by atoms with E-state index in [2.05, 4.69) is 63.9 Å². The number of rotatable bonds is 5. The molecular weight excluding hydrogens is 427 g/mol. The summed E-state index contributed by atoms with van der Waals surface area (Å²) in [6.07, 6.45) is 1.96. The van der Waals surface area contributed by atoms with Gasteiger partial charge in [-0.25, -0.2) is 4.99 Å². The van der Waals surface area contributed by atoms with E-state index in [1.807, 2.05) is 28.8 Å². The third-order valence-electron chi connectivity index (χ3n) is 3.68. The zero-order valence-corrected chi connectivity index (χ0v) is 16.8. The number of guanidine groups is 1. The van der Waals surface area contributed by atoms with Crippen LogP contribution in [0.3, 0.4) is 0 Å². The SMILES string of the molecule is CCNC(=NCc1ccc(C)cc1)NCc1nnc2ccccn12.I. The van der Waals surface area contributed by atoms with E-state index in [0.29, 0.717) is 13.1 Å². The highest BCUT2D eigenvalue weighted by atomic mass is 127. The van der Waals surface area contributed by atoms with E-state index in [0.717, 1.165) is 24.0 Å². The lowest BCUT2D eigenvalue weighted by Gasteiger charge is -2.10. The van der Waals surface area contributed by atoms with Crippen LogP contribution in [0.15, 0.2) is 53.7 Å². The van der Waals surface area contributed by atoms with Crippen molar-refractivity contribution in [3.63, 3.8) is 0 Å². The van der Waals surface area contributed by atoms with Crippen molar-refractivity contribution >= 4 is 35.6 Å². The van der Waals surface area contributed by atoms with Crippen LogP contribution in [0.4, 0.5) is 0 Å². The number of hydrogen-bond donors (Lipinski definition) is 2. The topological polar surface area (TPSA) is 66.6 Å². The number of hydrogen-bond acceptors (Lipinski definition) is 3. The van der Waals surface area contributed by atoms with Gasteiger partial charge in [-0.1, -0.05) is 35.9 Å². The van der Waals surface area contributed by atoms with Crippen molar-refractivity contribution in [3.05, 3.63) is 65.6 Å². The molecule has 6 nitrogen and oxygen atoms in total. The van der Waals surface area contributed by atoms with Crippen LogP contribution in [0.2, 0.25) is 0 Å². The second kappa shape index (κ2) is 9.36. The highest BCUT2D eigenvalue weighted by Gasteiger charge is 2.05. The Balaban J connectivity index is 0.00000225. The first-order valence-electron chi connectivity index (χ1n) is 8.12. The second-order valence-electron chi connectivity index (χ2n) is 5.58. The van der Waals surface area contributed by atoms with E-state index in [9.17, 15) is 0 Å². The Kier molecular flexibility index (Phi) is 7.17. The zero-order chi connectivity index (χ0) is 16.8. The molecule has 1 aromatic carbocycles. The fourth-order valence-electron chi connectivity index (χ4n) is 2.38. The van der Waals surface area contributed by atoms with Gasteiger partial charge in [0.1, 0.15) is 0 Å². The maximum atomic E-state index is 4.63. The predicted molar refractivity (Wildman–Crippen MR) is 111 cm³/mol. The number of nitrogens with one attached hydrogen (secondary N) is 2. The van der Waals surface area contributed by atoms with Crippen LogP contribution in [0.1, 0.15) is 23.9 Å². The Morgan fingerprint density at radius 3 is 2.64 bits per heavy atom. The Morgan fingerprint density at radius 2 is 1.88 bits per heavy atom. The monoisotopic (exact) mass is 450 g/mol. The fraction of sp³-hybridized carbons (Fsp3) is 0.278.